The molecule has 4 heterocycles. The van der Waals surface area contributed by atoms with Crippen LogP contribution in [0, 0.1) is 0 Å². The van der Waals surface area contributed by atoms with E-state index >= 15 is 8.78 Å². The Bertz CT molecular complexity index is 1540. The molecule has 0 aromatic carbocycles. The van der Waals surface area contributed by atoms with Crippen LogP contribution in [0.2, 0.25) is 10.0 Å². The molecule has 298 valence electrons. The molecule has 0 radical (unpaired) electrons. The number of alkyl halides is 2. The van der Waals surface area contributed by atoms with Gasteiger partial charge >= 0.3 is 12.2 Å². The van der Waals surface area contributed by atoms with Crippen LogP contribution in [0.1, 0.15) is 117 Å². The maximum Gasteiger partial charge on any atom is 0.410 e. The first kappa shape index (κ1) is 46.1. The van der Waals surface area contributed by atoms with Crippen LogP contribution in [-0.4, -0.2) is 96.9 Å². The molecule has 0 aliphatic carbocycles. The van der Waals surface area contributed by atoms with Crippen LogP contribution in [0.5, 0.6) is 0 Å². The summed E-state index contributed by atoms with van der Waals surface area (Å²) in [5, 5.41) is 27.5. The molecule has 2 aromatic rings. The number of aliphatic hydroxyl groups is 3. The minimum absolute atomic E-state index is 0.0564. The number of nitrogens with zero attached hydrogens (tertiary/aromatic N) is 4. The smallest absolute Gasteiger partial charge is 0.410 e. The highest BCUT2D eigenvalue weighted by atomic mass is 35.5. The lowest BCUT2D eigenvalue weighted by atomic mass is 9.89. The summed E-state index contributed by atoms with van der Waals surface area (Å²) in [6, 6.07) is 3.06. The van der Waals surface area contributed by atoms with Crippen molar-refractivity contribution in [2.75, 3.05) is 32.8 Å². The predicted molar refractivity (Wildman–Crippen MR) is 202 cm³/mol. The molecular weight excluding hydrogens is 733 g/mol. The third kappa shape index (κ3) is 14.9. The number of piperidine rings is 2. The fraction of sp³-hybridized carbons (Fsp3) is 0.632. The van der Waals surface area contributed by atoms with Gasteiger partial charge in [-0.25, -0.2) is 18.4 Å². The van der Waals surface area contributed by atoms with Crippen LogP contribution >= 0.6 is 23.2 Å². The first-order valence-corrected chi connectivity index (χ1v) is 18.3. The molecule has 53 heavy (non-hydrogen) atoms. The average molecular weight is 790 g/mol. The summed E-state index contributed by atoms with van der Waals surface area (Å²) in [6.07, 6.45) is 2.89. The van der Waals surface area contributed by atoms with Crippen LogP contribution in [0.25, 0.3) is 6.08 Å². The van der Waals surface area contributed by atoms with Gasteiger partial charge in [-0.15, -0.1) is 0 Å². The Kier molecular flexibility index (Phi) is 16.1. The molecule has 2 fully saturated rings. The van der Waals surface area contributed by atoms with Gasteiger partial charge < -0.3 is 34.6 Å². The summed E-state index contributed by atoms with van der Waals surface area (Å²) in [5.74, 6) is 0. The Morgan fingerprint density at radius 1 is 0.830 bits per heavy atom. The van der Waals surface area contributed by atoms with E-state index in [0.29, 0.717) is 5.56 Å². The Morgan fingerprint density at radius 3 is 1.49 bits per heavy atom. The van der Waals surface area contributed by atoms with Crippen molar-refractivity contribution in [3.8, 4) is 0 Å². The van der Waals surface area contributed by atoms with Crippen molar-refractivity contribution in [2.24, 2.45) is 0 Å². The number of hydrogen-bond acceptors (Lipinski definition) is 9. The second-order valence-electron chi connectivity index (χ2n) is 16.1. The van der Waals surface area contributed by atoms with Gasteiger partial charge in [-0.2, -0.15) is 0 Å². The van der Waals surface area contributed by atoms with E-state index in [1.165, 1.54) is 22.1 Å². The molecule has 2 aliphatic heterocycles. The zero-order valence-corrected chi connectivity index (χ0v) is 33.8. The van der Waals surface area contributed by atoms with E-state index in [1.807, 2.05) is 0 Å². The second kappa shape index (κ2) is 18.5. The van der Waals surface area contributed by atoms with E-state index in [9.17, 15) is 14.7 Å². The number of aliphatic hydroxyl groups excluding tert-OH is 2. The van der Waals surface area contributed by atoms with E-state index in [1.54, 1.807) is 80.7 Å². The molecular formula is C38H56Cl2F2N4O7. The molecule has 0 saturated carbocycles. The normalized spacial score (nSPS) is 17.7. The summed E-state index contributed by atoms with van der Waals surface area (Å²) in [4.78, 5) is 35.3. The summed E-state index contributed by atoms with van der Waals surface area (Å²) < 4.78 is 41.2. The van der Waals surface area contributed by atoms with Crippen molar-refractivity contribution < 1.29 is 43.2 Å². The van der Waals surface area contributed by atoms with Crippen LogP contribution < -0.4 is 0 Å². The number of ether oxygens (including phenoxy) is 2. The maximum atomic E-state index is 15.3. The Hall–Kier alpha value is -3.10. The zero-order chi connectivity index (χ0) is 40.6. The van der Waals surface area contributed by atoms with E-state index in [2.05, 4.69) is 16.5 Å². The average Bonchev–Trinajstić information content (AvgIpc) is 3.02. The van der Waals surface area contributed by atoms with Gasteiger partial charge in [0.15, 0.2) is 11.3 Å². The number of carbonyl (C=O) groups is 2. The van der Waals surface area contributed by atoms with Crippen LogP contribution in [-0.2, 0) is 20.8 Å². The number of hydrogen-bond donors (Lipinski definition) is 3. The van der Waals surface area contributed by atoms with Gasteiger partial charge in [0.25, 0.3) is 0 Å². The van der Waals surface area contributed by atoms with Gasteiger partial charge in [0.05, 0.1) is 33.6 Å². The highest BCUT2D eigenvalue weighted by Gasteiger charge is 2.42. The predicted octanol–water partition coefficient (Wildman–Crippen LogP) is 8.31. The first-order valence-electron chi connectivity index (χ1n) is 17.5. The molecule has 2 aromatic heterocycles. The van der Waals surface area contributed by atoms with Crippen LogP contribution in [0.4, 0.5) is 18.4 Å². The Morgan fingerprint density at radius 2 is 1.19 bits per heavy atom. The molecule has 2 amide bonds. The number of carbonyl (C=O) groups excluding carboxylic acids is 2. The lowest BCUT2D eigenvalue weighted by Crippen LogP contribution is -2.45. The van der Waals surface area contributed by atoms with Gasteiger partial charge in [0, 0.05) is 69.8 Å². The molecule has 11 nitrogen and oxygen atoms in total. The van der Waals surface area contributed by atoms with Gasteiger partial charge in [-0.1, -0.05) is 35.9 Å². The van der Waals surface area contributed by atoms with Crippen molar-refractivity contribution in [1.29, 1.82) is 0 Å². The van der Waals surface area contributed by atoms with Crippen molar-refractivity contribution in [1.82, 2.24) is 19.8 Å². The number of halogens is 4. The minimum Gasteiger partial charge on any atom is -0.444 e. The number of rotatable bonds is 5. The van der Waals surface area contributed by atoms with Crippen molar-refractivity contribution in [2.45, 2.75) is 122 Å². The molecule has 4 rings (SSSR count). The Balaban J connectivity index is 0.000000326. The number of pyridine rings is 2. The molecule has 2 aliphatic rings. The topological polar surface area (TPSA) is 146 Å². The maximum absolute atomic E-state index is 15.3. The van der Waals surface area contributed by atoms with E-state index in [0.717, 1.165) is 5.56 Å². The monoisotopic (exact) mass is 788 g/mol. The SMILES string of the molecule is C=Cc1cnc(C2(F)CCN(C(=O)OC(C)(C)C)CC2)c(Cl)c1.CC(C)(C)O.CC(C)(C)OC(=O)N1CCC(F)(c2ncc([C@H](O)CO)cc2Cl)CC1. The van der Waals surface area contributed by atoms with Crippen molar-refractivity contribution in [3.63, 3.8) is 0 Å². The molecule has 0 bridgehead atoms. The van der Waals surface area contributed by atoms with Gasteiger partial charge in [-0.3, -0.25) is 9.97 Å². The second-order valence-corrected chi connectivity index (χ2v) is 17.0. The summed E-state index contributed by atoms with van der Waals surface area (Å²) in [6.45, 7) is 20.1. The lowest BCUT2D eigenvalue weighted by Gasteiger charge is -2.37. The minimum atomic E-state index is -1.75. The molecule has 2 saturated heterocycles. The molecule has 3 N–H and O–H groups in total. The fourth-order valence-electron chi connectivity index (χ4n) is 5.18. The molecule has 15 heteroatoms. The Labute approximate surface area is 322 Å². The number of aromatic nitrogens is 2. The lowest BCUT2D eigenvalue weighted by molar-refractivity contribution is 0.0000926. The third-order valence-corrected chi connectivity index (χ3v) is 8.36. The quantitative estimate of drug-likeness (QED) is 0.272. The van der Waals surface area contributed by atoms with E-state index in [-0.39, 0.29) is 73.3 Å². The molecule has 1 atom stereocenters. The summed E-state index contributed by atoms with van der Waals surface area (Å²) in [5.41, 5.74) is -3.66. The van der Waals surface area contributed by atoms with Crippen molar-refractivity contribution in [3.05, 3.63) is 63.7 Å². The van der Waals surface area contributed by atoms with E-state index in [4.69, 9.17) is 42.9 Å². The standard InChI is InChI=1S/C17H24ClFN2O4.C17H22ClFN2O2.C4H10O/c1-16(2,3)25-15(24)21-6-4-17(19,5-7-21)14-12(18)8-11(9-20-14)13(23)10-22;1-5-12-10-13(18)14(20-11-12)17(19)6-8-21(9-7-17)15(22)23-16(2,3)4;1-4(2,3)5/h8-9,13,22-23H,4-7,10H2,1-3H3;5,10-11H,1,6-9H2,2-4H3;5H,1-3H3/t13-;;/m1../s1. The highest BCUT2D eigenvalue weighted by molar-refractivity contribution is 6.31. The van der Waals surface area contributed by atoms with Crippen LogP contribution in [0.3, 0.4) is 0 Å². The molecule has 0 spiro atoms. The highest BCUT2D eigenvalue weighted by Crippen LogP contribution is 2.41. The fourth-order valence-corrected chi connectivity index (χ4v) is 5.87. The zero-order valence-electron chi connectivity index (χ0n) is 32.3. The molecule has 0 unspecified atom stereocenters. The summed E-state index contributed by atoms with van der Waals surface area (Å²) in [7, 11) is 0. The van der Waals surface area contributed by atoms with Gasteiger partial charge in [-0.05, 0) is 80.0 Å². The van der Waals surface area contributed by atoms with Crippen molar-refractivity contribution >= 4 is 41.5 Å². The number of likely N-dealkylation sites (tertiary alicyclic amines) is 2. The first-order chi connectivity index (χ1) is 24.2. The van der Waals surface area contributed by atoms with Gasteiger partial charge in [0.2, 0.25) is 0 Å². The largest absolute Gasteiger partial charge is 0.444 e. The van der Waals surface area contributed by atoms with E-state index < -0.39 is 53.0 Å². The van der Waals surface area contributed by atoms with Crippen LogP contribution in [0.15, 0.2) is 31.1 Å². The number of amides is 2. The summed E-state index contributed by atoms with van der Waals surface area (Å²) >= 11 is 12.3. The van der Waals surface area contributed by atoms with Gasteiger partial charge in [0.1, 0.15) is 17.3 Å². The third-order valence-electron chi connectivity index (χ3n) is 7.78.